The van der Waals surface area contributed by atoms with E-state index in [1.54, 1.807) is 13.0 Å². The molecule has 6 nitrogen and oxygen atoms in total. The molecular formula is C16H20N4O2. The highest BCUT2D eigenvalue weighted by molar-refractivity contribution is 5.79. The van der Waals surface area contributed by atoms with Gasteiger partial charge in [-0.05, 0) is 38.0 Å². The molecule has 116 valence electrons. The Bertz CT molecular complexity index is 701. The minimum Gasteiger partial charge on any atom is -0.353 e. The molecule has 1 N–H and O–H groups in total. The molecule has 1 aliphatic rings. The fourth-order valence-corrected chi connectivity index (χ4v) is 2.40. The Labute approximate surface area is 128 Å². The molecule has 0 aromatic carbocycles. The monoisotopic (exact) mass is 300 g/mol. The van der Waals surface area contributed by atoms with Gasteiger partial charge in [0.2, 0.25) is 5.91 Å². The fraction of sp³-hybridized carbons (Fsp3) is 0.438. The molecule has 3 rings (SSSR count). The Morgan fingerprint density at radius 2 is 2.09 bits per heavy atom. The predicted molar refractivity (Wildman–Crippen MR) is 82.6 cm³/mol. The van der Waals surface area contributed by atoms with Gasteiger partial charge in [-0.25, -0.2) is 4.68 Å². The molecule has 1 fully saturated rings. The van der Waals surface area contributed by atoms with Gasteiger partial charge in [0.1, 0.15) is 6.04 Å². The van der Waals surface area contributed by atoms with Crippen molar-refractivity contribution < 1.29 is 4.79 Å². The Morgan fingerprint density at radius 3 is 2.77 bits per heavy atom. The standard InChI is InChI=1S/C16H20N4O2/c1-12(16(22)17-8-11-19-9-2-3-10-19)20-15(21)7-6-14(18-20)13-4-5-13/h2-3,6-7,9-10,12-13H,4-5,8,11H2,1H3,(H,17,22)/t12-/m1/s1. The van der Waals surface area contributed by atoms with Crippen LogP contribution in [0.25, 0.3) is 0 Å². The quantitative estimate of drug-likeness (QED) is 0.874. The second-order valence-corrected chi connectivity index (χ2v) is 5.70. The van der Waals surface area contributed by atoms with E-state index < -0.39 is 6.04 Å². The average molecular weight is 300 g/mol. The second-order valence-electron chi connectivity index (χ2n) is 5.70. The summed E-state index contributed by atoms with van der Waals surface area (Å²) < 4.78 is 3.28. The largest absolute Gasteiger partial charge is 0.353 e. The third-order valence-electron chi connectivity index (χ3n) is 3.92. The topological polar surface area (TPSA) is 68.9 Å². The number of hydrogen-bond donors (Lipinski definition) is 1. The maximum atomic E-state index is 12.2. The summed E-state index contributed by atoms with van der Waals surface area (Å²) in [4.78, 5) is 24.1. The molecule has 2 aromatic rings. The SMILES string of the molecule is C[C@H](C(=O)NCCn1cccc1)n1nc(C2CC2)ccc1=O. The van der Waals surface area contributed by atoms with Crippen molar-refractivity contribution in [2.75, 3.05) is 6.54 Å². The van der Waals surface area contributed by atoms with E-state index in [1.165, 1.54) is 10.7 Å². The first-order chi connectivity index (χ1) is 10.6. The van der Waals surface area contributed by atoms with Crippen molar-refractivity contribution in [3.63, 3.8) is 0 Å². The molecule has 6 heteroatoms. The molecule has 0 unspecified atom stereocenters. The van der Waals surface area contributed by atoms with Crippen LogP contribution in [0, 0.1) is 0 Å². The van der Waals surface area contributed by atoms with Crippen molar-refractivity contribution in [2.24, 2.45) is 0 Å². The van der Waals surface area contributed by atoms with E-state index in [9.17, 15) is 9.59 Å². The van der Waals surface area contributed by atoms with Crippen molar-refractivity contribution >= 4 is 5.91 Å². The van der Waals surface area contributed by atoms with Crippen LogP contribution in [0.4, 0.5) is 0 Å². The molecule has 1 saturated carbocycles. The van der Waals surface area contributed by atoms with E-state index in [4.69, 9.17) is 0 Å². The predicted octanol–water partition coefficient (Wildman–Crippen LogP) is 1.30. The Hall–Kier alpha value is -2.37. The summed E-state index contributed by atoms with van der Waals surface area (Å²) in [5, 5.41) is 7.20. The van der Waals surface area contributed by atoms with Crippen LogP contribution in [-0.4, -0.2) is 26.8 Å². The highest BCUT2D eigenvalue weighted by atomic mass is 16.2. The van der Waals surface area contributed by atoms with E-state index in [-0.39, 0.29) is 11.5 Å². The number of carbonyl (C=O) groups is 1. The highest BCUT2D eigenvalue weighted by Crippen LogP contribution is 2.38. The van der Waals surface area contributed by atoms with Crippen LogP contribution in [0.15, 0.2) is 41.5 Å². The molecule has 0 aliphatic heterocycles. The zero-order valence-electron chi connectivity index (χ0n) is 12.6. The van der Waals surface area contributed by atoms with Crippen molar-refractivity contribution in [3.8, 4) is 0 Å². The maximum Gasteiger partial charge on any atom is 0.267 e. The minimum atomic E-state index is -0.601. The molecule has 0 bridgehead atoms. The summed E-state index contributed by atoms with van der Waals surface area (Å²) in [6.45, 7) is 2.93. The lowest BCUT2D eigenvalue weighted by molar-refractivity contribution is -0.124. The first-order valence-corrected chi connectivity index (χ1v) is 7.63. The zero-order chi connectivity index (χ0) is 15.5. The fourth-order valence-electron chi connectivity index (χ4n) is 2.40. The molecule has 22 heavy (non-hydrogen) atoms. The van der Waals surface area contributed by atoms with Gasteiger partial charge in [0.15, 0.2) is 0 Å². The van der Waals surface area contributed by atoms with Crippen molar-refractivity contribution in [1.82, 2.24) is 19.7 Å². The van der Waals surface area contributed by atoms with Crippen LogP contribution in [0.5, 0.6) is 0 Å². The van der Waals surface area contributed by atoms with Gasteiger partial charge in [0.05, 0.1) is 5.69 Å². The summed E-state index contributed by atoms with van der Waals surface area (Å²) in [6, 6.07) is 6.56. The van der Waals surface area contributed by atoms with Gasteiger partial charge in [-0.3, -0.25) is 9.59 Å². The average Bonchev–Trinajstić information content (AvgIpc) is 3.24. The van der Waals surface area contributed by atoms with Crippen molar-refractivity contribution in [3.05, 3.63) is 52.7 Å². The Kier molecular flexibility index (Phi) is 4.09. The van der Waals surface area contributed by atoms with Gasteiger partial charge < -0.3 is 9.88 Å². The third kappa shape index (κ3) is 3.27. The maximum absolute atomic E-state index is 12.2. The van der Waals surface area contributed by atoms with Crippen molar-refractivity contribution in [2.45, 2.75) is 38.3 Å². The number of hydrogen-bond acceptors (Lipinski definition) is 3. The Morgan fingerprint density at radius 1 is 1.36 bits per heavy atom. The lowest BCUT2D eigenvalue weighted by atomic mass is 10.2. The lowest BCUT2D eigenvalue weighted by Crippen LogP contribution is -2.38. The molecular weight excluding hydrogens is 280 g/mol. The van der Waals surface area contributed by atoms with Crippen LogP contribution in [0.2, 0.25) is 0 Å². The first kappa shape index (κ1) is 14.6. The first-order valence-electron chi connectivity index (χ1n) is 7.63. The Balaban J connectivity index is 1.62. The van der Waals surface area contributed by atoms with Gasteiger partial charge in [0.25, 0.3) is 5.56 Å². The molecule has 1 amide bonds. The minimum absolute atomic E-state index is 0.185. The van der Waals surface area contributed by atoms with Crippen LogP contribution >= 0.6 is 0 Å². The van der Waals surface area contributed by atoms with Gasteiger partial charge in [-0.2, -0.15) is 5.10 Å². The smallest absolute Gasteiger partial charge is 0.267 e. The summed E-state index contributed by atoms with van der Waals surface area (Å²) in [6.07, 6.45) is 6.12. The highest BCUT2D eigenvalue weighted by Gasteiger charge is 2.26. The van der Waals surface area contributed by atoms with Crippen LogP contribution in [-0.2, 0) is 11.3 Å². The molecule has 2 aromatic heterocycles. The van der Waals surface area contributed by atoms with Gasteiger partial charge in [0, 0.05) is 37.5 Å². The molecule has 0 saturated heterocycles. The number of amides is 1. The third-order valence-corrected chi connectivity index (χ3v) is 3.92. The van der Waals surface area contributed by atoms with E-state index in [1.807, 2.05) is 29.1 Å². The van der Waals surface area contributed by atoms with E-state index in [0.717, 1.165) is 18.5 Å². The van der Waals surface area contributed by atoms with Gasteiger partial charge in [-0.15, -0.1) is 0 Å². The number of carbonyl (C=O) groups excluding carboxylic acids is 1. The summed E-state index contributed by atoms with van der Waals surface area (Å²) in [5.41, 5.74) is 0.670. The van der Waals surface area contributed by atoms with E-state index >= 15 is 0 Å². The molecule has 0 radical (unpaired) electrons. The number of nitrogens with one attached hydrogen (secondary N) is 1. The number of rotatable bonds is 6. The molecule has 2 heterocycles. The van der Waals surface area contributed by atoms with Crippen LogP contribution in [0.1, 0.15) is 37.4 Å². The van der Waals surface area contributed by atoms with E-state index in [2.05, 4.69) is 10.4 Å². The number of aromatic nitrogens is 3. The van der Waals surface area contributed by atoms with Crippen LogP contribution < -0.4 is 10.9 Å². The summed E-state index contributed by atoms with van der Waals surface area (Å²) >= 11 is 0. The second kappa shape index (κ2) is 6.17. The molecule has 1 atom stereocenters. The molecule has 1 aliphatic carbocycles. The summed E-state index contributed by atoms with van der Waals surface area (Å²) in [7, 11) is 0. The molecule has 0 spiro atoms. The zero-order valence-corrected chi connectivity index (χ0v) is 12.6. The van der Waals surface area contributed by atoms with Crippen molar-refractivity contribution in [1.29, 1.82) is 0 Å². The summed E-state index contributed by atoms with van der Waals surface area (Å²) in [5.74, 6) is 0.269. The van der Waals surface area contributed by atoms with Gasteiger partial charge in [-0.1, -0.05) is 0 Å². The van der Waals surface area contributed by atoms with Gasteiger partial charge >= 0.3 is 0 Å². The van der Waals surface area contributed by atoms with Crippen LogP contribution in [0.3, 0.4) is 0 Å². The normalized spacial score (nSPS) is 15.5. The van der Waals surface area contributed by atoms with E-state index in [0.29, 0.717) is 19.0 Å². The number of nitrogens with zero attached hydrogens (tertiary/aromatic N) is 3. The lowest BCUT2D eigenvalue weighted by Gasteiger charge is -2.15.